The van der Waals surface area contributed by atoms with Crippen molar-refractivity contribution in [1.29, 1.82) is 0 Å². The van der Waals surface area contributed by atoms with Crippen molar-refractivity contribution in [2.24, 2.45) is 0 Å². The number of aromatic nitrogens is 4. The van der Waals surface area contributed by atoms with Crippen LogP contribution in [0.15, 0.2) is 47.4 Å². The van der Waals surface area contributed by atoms with E-state index in [2.05, 4.69) is 25.4 Å². The van der Waals surface area contributed by atoms with Crippen LogP contribution in [0.25, 0.3) is 11.5 Å². The minimum Gasteiger partial charge on any atom is -0.481 e. The Bertz CT molecular complexity index is 802. The van der Waals surface area contributed by atoms with Gasteiger partial charge in [0, 0.05) is 37.6 Å². The number of methoxy groups -OCH3 is 1. The molecule has 3 aromatic heterocycles. The van der Waals surface area contributed by atoms with Gasteiger partial charge in [-0.05, 0) is 18.2 Å². The number of carbonyl (C=O) groups is 1. The first-order valence-electron chi connectivity index (χ1n) is 7.27. The topological polar surface area (TPSA) is 103 Å². The molecule has 1 amide bonds. The first-order chi connectivity index (χ1) is 11.8. The van der Waals surface area contributed by atoms with Gasteiger partial charge in [-0.3, -0.25) is 9.78 Å². The number of nitrogens with one attached hydrogen (secondary N) is 1. The van der Waals surface area contributed by atoms with Gasteiger partial charge in [0.2, 0.25) is 5.88 Å². The molecular weight excluding hydrogens is 310 g/mol. The molecule has 0 saturated carbocycles. The number of hydrogen-bond acceptors (Lipinski definition) is 7. The molecule has 0 fully saturated rings. The van der Waals surface area contributed by atoms with E-state index >= 15 is 0 Å². The Labute approximate surface area is 137 Å². The van der Waals surface area contributed by atoms with Crippen molar-refractivity contribution in [3.05, 3.63) is 54.2 Å². The van der Waals surface area contributed by atoms with E-state index in [0.29, 0.717) is 36.1 Å². The summed E-state index contributed by atoms with van der Waals surface area (Å²) in [4.78, 5) is 24.3. The molecular formula is C16H15N5O3. The molecule has 0 bridgehead atoms. The average molecular weight is 325 g/mol. The van der Waals surface area contributed by atoms with Gasteiger partial charge in [-0.2, -0.15) is 4.98 Å². The largest absolute Gasteiger partial charge is 0.481 e. The molecule has 1 N–H and O–H groups in total. The monoisotopic (exact) mass is 325 g/mol. The Morgan fingerprint density at radius 1 is 1.29 bits per heavy atom. The van der Waals surface area contributed by atoms with E-state index in [9.17, 15) is 4.79 Å². The highest BCUT2D eigenvalue weighted by atomic mass is 16.5. The molecule has 0 aliphatic heterocycles. The van der Waals surface area contributed by atoms with Crippen LogP contribution >= 0.6 is 0 Å². The third kappa shape index (κ3) is 3.72. The Morgan fingerprint density at radius 3 is 2.92 bits per heavy atom. The van der Waals surface area contributed by atoms with Crippen LogP contribution in [0.5, 0.6) is 5.88 Å². The molecule has 8 nitrogen and oxygen atoms in total. The lowest BCUT2D eigenvalue weighted by Gasteiger charge is -2.04. The number of ether oxygens (including phenoxy) is 1. The van der Waals surface area contributed by atoms with E-state index < -0.39 is 0 Å². The second-order valence-electron chi connectivity index (χ2n) is 4.85. The summed E-state index contributed by atoms with van der Waals surface area (Å²) in [5.41, 5.74) is 1.21. The summed E-state index contributed by atoms with van der Waals surface area (Å²) >= 11 is 0. The molecule has 0 saturated heterocycles. The van der Waals surface area contributed by atoms with Gasteiger partial charge in [0.25, 0.3) is 11.8 Å². The second kappa shape index (κ2) is 7.32. The van der Waals surface area contributed by atoms with E-state index in [-0.39, 0.29) is 5.91 Å². The standard InChI is InChI=1S/C16H15N5O3/c1-23-14-5-4-11(10-19-14)15(22)18-8-6-13-20-16(24-21-13)12-3-2-7-17-9-12/h2-5,7,9-10H,6,8H2,1H3,(H,18,22). The molecule has 24 heavy (non-hydrogen) atoms. The number of amides is 1. The van der Waals surface area contributed by atoms with Crippen LogP contribution in [0.4, 0.5) is 0 Å². The summed E-state index contributed by atoms with van der Waals surface area (Å²) in [6.07, 6.45) is 5.24. The van der Waals surface area contributed by atoms with Crippen LogP contribution in [0.3, 0.4) is 0 Å². The van der Waals surface area contributed by atoms with Gasteiger partial charge in [-0.25, -0.2) is 4.98 Å². The summed E-state index contributed by atoms with van der Waals surface area (Å²) in [5.74, 6) is 1.16. The molecule has 0 radical (unpaired) electrons. The lowest BCUT2D eigenvalue weighted by atomic mass is 10.2. The highest BCUT2D eigenvalue weighted by Crippen LogP contribution is 2.15. The fourth-order valence-corrected chi connectivity index (χ4v) is 1.99. The van der Waals surface area contributed by atoms with Crippen LogP contribution in [0.1, 0.15) is 16.2 Å². The number of pyridine rings is 2. The van der Waals surface area contributed by atoms with Gasteiger partial charge < -0.3 is 14.6 Å². The van der Waals surface area contributed by atoms with Crippen LogP contribution in [-0.2, 0) is 6.42 Å². The minimum absolute atomic E-state index is 0.221. The first-order valence-corrected chi connectivity index (χ1v) is 7.27. The van der Waals surface area contributed by atoms with Gasteiger partial charge in [0.1, 0.15) is 0 Å². The molecule has 3 aromatic rings. The van der Waals surface area contributed by atoms with Crippen molar-refractivity contribution < 1.29 is 14.1 Å². The zero-order chi connectivity index (χ0) is 16.8. The zero-order valence-electron chi connectivity index (χ0n) is 13.0. The Balaban J connectivity index is 1.53. The van der Waals surface area contributed by atoms with E-state index in [1.165, 1.54) is 13.3 Å². The molecule has 3 rings (SSSR count). The molecule has 0 aromatic carbocycles. The van der Waals surface area contributed by atoms with E-state index in [1.54, 1.807) is 30.6 Å². The summed E-state index contributed by atoms with van der Waals surface area (Å²) in [7, 11) is 1.52. The maximum absolute atomic E-state index is 12.0. The van der Waals surface area contributed by atoms with Gasteiger partial charge in [-0.15, -0.1) is 0 Å². The number of nitrogens with zero attached hydrogens (tertiary/aromatic N) is 4. The predicted molar refractivity (Wildman–Crippen MR) is 84.4 cm³/mol. The van der Waals surface area contributed by atoms with Crippen LogP contribution in [0, 0.1) is 0 Å². The predicted octanol–water partition coefficient (Wildman–Crippen LogP) is 1.51. The fourth-order valence-electron chi connectivity index (χ4n) is 1.99. The molecule has 0 unspecified atom stereocenters. The summed E-state index contributed by atoms with van der Waals surface area (Å²) < 4.78 is 10.1. The van der Waals surface area contributed by atoms with E-state index in [1.807, 2.05) is 6.07 Å². The van der Waals surface area contributed by atoms with E-state index in [0.717, 1.165) is 5.56 Å². The summed E-state index contributed by atoms with van der Waals surface area (Å²) in [5, 5.41) is 6.67. The van der Waals surface area contributed by atoms with Gasteiger partial charge in [-0.1, -0.05) is 5.16 Å². The molecule has 0 spiro atoms. The third-order valence-electron chi connectivity index (χ3n) is 3.22. The number of hydrogen-bond donors (Lipinski definition) is 1. The fraction of sp³-hybridized carbons (Fsp3) is 0.188. The van der Waals surface area contributed by atoms with Crippen LogP contribution in [-0.4, -0.2) is 39.7 Å². The van der Waals surface area contributed by atoms with Gasteiger partial charge >= 0.3 is 0 Å². The Hall–Kier alpha value is -3.29. The Kier molecular flexibility index (Phi) is 4.76. The lowest BCUT2D eigenvalue weighted by Crippen LogP contribution is -2.26. The normalized spacial score (nSPS) is 10.4. The van der Waals surface area contributed by atoms with Crippen molar-refractivity contribution >= 4 is 5.91 Å². The van der Waals surface area contributed by atoms with Crippen molar-refractivity contribution in [3.63, 3.8) is 0 Å². The maximum Gasteiger partial charge on any atom is 0.259 e. The van der Waals surface area contributed by atoms with Crippen molar-refractivity contribution in [2.45, 2.75) is 6.42 Å². The average Bonchev–Trinajstić information content (AvgIpc) is 3.11. The van der Waals surface area contributed by atoms with Crippen molar-refractivity contribution in [2.75, 3.05) is 13.7 Å². The minimum atomic E-state index is -0.221. The first kappa shape index (κ1) is 15.6. The van der Waals surface area contributed by atoms with Gasteiger partial charge in [0.15, 0.2) is 5.82 Å². The van der Waals surface area contributed by atoms with Gasteiger partial charge in [0.05, 0.1) is 18.2 Å². The number of carbonyl (C=O) groups excluding carboxylic acids is 1. The second-order valence-corrected chi connectivity index (χ2v) is 4.85. The molecule has 3 heterocycles. The Morgan fingerprint density at radius 2 is 2.21 bits per heavy atom. The number of rotatable bonds is 6. The van der Waals surface area contributed by atoms with E-state index in [4.69, 9.17) is 9.26 Å². The highest BCUT2D eigenvalue weighted by molar-refractivity contribution is 5.93. The molecule has 0 aliphatic rings. The SMILES string of the molecule is COc1ccc(C(=O)NCCc2noc(-c3cccnc3)n2)cn1. The maximum atomic E-state index is 12.0. The quantitative estimate of drug-likeness (QED) is 0.732. The summed E-state index contributed by atoms with van der Waals surface area (Å²) in [6, 6.07) is 6.91. The molecule has 122 valence electrons. The molecule has 8 heteroatoms. The molecule has 0 aliphatic carbocycles. The summed E-state index contributed by atoms with van der Waals surface area (Å²) in [6.45, 7) is 0.386. The van der Waals surface area contributed by atoms with Crippen molar-refractivity contribution in [1.82, 2.24) is 25.4 Å². The molecule has 0 atom stereocenters. The smallest absolute Gasteiger partial charge is 0.259 e. The van der Waals surface area contributed by atoms with Crippen LogP contribution < -0.4 is 10.1 Å². The highest BCUT2D eigenvalue weighted by Gasteiger charge is 2.10. The third-order valence-corrected chi connectivity index (χ3v) is 3.22. The van der Waals surface area contributed by atoms with Crippen LogP contribution in [0.2, 0.25) is 0 Å². The lowest BCUT2D eigenvalue weighted by molar-refractivity contribution is 0.0953. The zero-order valence-corrected chi connectivity index (χ0v) is 13.0. The van der Waals surface area contributed by atoms with Crippen molar-refractivity contribution in [3.8, 4) is 17.3 Å².